The Bertz CT molecular complexity index is 1260. The van der Waals surface area contributed by atoms with E-state index in [4.69, 9.17) is 13.9 Å². The number of carbonyl (C=O) groups is 2. The van der Waals surface area contributed by atoms with Crippen molar-refractivity contribution < 1.29 is 28.6 Å². The lowest BCUT2D eigenvalue weighted by Gasteiger charge is -2.26. The standard InChI is InChI=1S/C29H29NO6/c1-3-4-16-36-24-15-13-21(18-25(24)34-2)27-26(23(31)14-12-20-9-6-5-7-10-20)28(32)29(33)30(27)19-22-11-8-17-35-22/h5-15,17-18,27,32H,3-4,16,19H2,1-2H3. The van der Waals surface area contributed by atoms with Gasteiger partial charge >= 0.3 is 0 Å². The maximum absolute atomic E-state index is 13.3. The molecule has 1 aliphatic heterocycles. The van der Waals surface area contributed by atoms with E-state index in [1.807, 2.05) is 30.3 Å². The Balaban J connectivity index is 1.72. The number of ketones is 1. The Morgan fingerprint density at radius 2 is 1.92 bits per heavy atom. The second-order valence-electron chi connectivity index (χ2n) is 8.40. The molecular formula is C29H29NO6. The smallest absolute Gasteiger partial charge is 0.290 e. The van der Waals surface area contributed by atoms with E-state index in [0.717, 1.165) is 18.4 Å². The van der Waals surface area contributed by atoms with Crippen molar-refractivity contribution in [3.05, 3.63) is 101 Å². The Morgan fingerprint density at radius 3 is 2.61 bits per heavy atom. The fourth-order valence-corrected chi connectivity index (χ4v) is 4.11. The van der Waals surface area contributed by atoms with E-state index in [1.165, 1.54) is 24.3 Å². The van der Waals surface area contributed by atoms with E-state index < -0.39 is 23.5 Å². The van der Waals surface area contributed by atoms with Gasteiger partial charge in [-0.05, 0) is 47.9 Å². The van der Waals surface area contributed by atoms with Crippen molar-refractivity contribution in [1.82, 2.24) is 4.90 Å². The minimum atomic E-state index is -0.839. The van der Waals surface area contributed by atoms with Gasteiger partial charge in [0.25, 0.3) is 5.91 Å². The minimum Gasteiger partial charge on any atom is -0.503 e. The zero-order valence-corrected chi connectivity index (χ0v) is 20.3. The van der Waals surface area contributed by atoms with E-state index >= 15 is 0 Å². The number of benzene rings is 2. The van der Waals surface area contributed by atoms with Crippen molar-refractivity contribution in [1.29, 1.82) is 0 Å². The summed E-state index contributed by atoms with van der Waals surface area (Å²) in [6, 6.07) is 17.2. The first-order valence-electron chi connectivity index (χ1n) is 11.9. The fourth-order valence-electron chi connectivity index (χ4n) is 4.11. The van der Waals surface area contributed by atoms with Crippen molar-refractivity contribution in [2.24, 2.45) is 0 Å². The third-order valence-corrected chi connectivity index (χ3v) is 5.96. The minimum absolute atomic E-state index is 0.000409. The molecule has 1 aliphatic rings. The number of methoxy groups -OCH3 is 1. The summed E-state index contributed by atoms with van der Waals surface area (Å²) in [6.45, 7) is 2.71. The molecule has 7 nitrogen and oxygen atoms in total. The monoisotopic (exact) mass is 487 g/mol. The van der Waals surface area contributed by atoms with Crippen LogP contribution >= 0.6 is 0 Å². The Hall–Kier alpha value is -4.26. The molecular weight excluding hydrogens is 458 g/mol. The van der Waals surface area contributed by atoms with Gasteiger partial charge in [-0.2, -0.15) is 0 Å². The van der Waals surface area contributed by atoms with E-state index in [0.29, 0.717) is 29.4 Å². The first-order valence-corrected chi connectivity index (χ1v) is 11.9. The van der Waals surface area contributed by atoms with Gasteiger partial charge in [-0.1, -0.05) is 55.8 Å². The SMILES string of the molecule is CCCCOc1ccc(C2C(C(=O)C=Cc3ccccc3)=C(O)C(=O)N2Cc2ccco2)cc1OC. The molecule has 3 aromatic rings. The molecule has 2 heterocycles. The summed E-state index contributed by atoms with van der Waals surface area (Å²) < 4.78 is 16.8. The van der Waals surface area contributed by atoms with Crippen LogP contribution in [0.1, 0.15) is 42.7 Å². The van der Waals surface area contributed by atoms with Crippen molar-refractivity contribution in [2.45, 2.75) is 32.4 Å². The summed E-state index contributed by atoms with van der Waals surface area (Å²) in [5.41, 5.74) is 1.44. The van der Waals surface area contributed by atoms with Crippen molar-refractivity contribution in [2.75, 3.05) is 13.7 Å². The van der Waals surface area contributed by atoms with Gasteiger partial charge in [-0.15, -0.1) is 0 Å². The van der Waals surface area contributed by atoms with Crippen LogP contribution in [0.15, 0.2) is 88.8 Å². The molecule has 186 valence electrons. The molecule has 2 aromatic carbocycles. The van der Waals surface area contributed by atoms with E-state index in [2.05, 4.69) is 6.92 Å². The quantitative estimate of drug-likeness (QED) is 0.278. The van der Waals surface area contributed by atoms with Gasteiger partial charge < -0.3 is 23.9 Å². The number of ether oxygens (including phenoxy) is 2. The van der Waals surface area contributed by atoms with Crippen molar-refractivity contribution in [3.8, 4) is 11.5 Å². The molecule has 36 heavy (non-hydrogen) atoms. The summed E-state index contributed by atoms with van der Waals surface area (Å²) in [4.78, 5) is 27.9. The fraction of sp³-hybridized carbons (Fsp3) is 0.241. The predicted molar refractivity (Wildman–Crippen MR) is 136 cm³/mol. The number of aliphatic hydroxyl groups is 1. The first-order chi connectivity index (χ1) is 17.5. The number of aliphatic hydroxyl groups excluding tert-OH is 1. The maximum Gasteiger partial charge on any atom is 0.290 e. The summed E-state index contributed by atoms with van der Waals surface area (Å²) in [7, 11) is 1.54. The molecule has 0 spiro atoms. The van der Waals surface area contributed by atoms with Crippen LogP contribution in [-0.4, -0.2) is 35.4 Å². The molecule has 1 aromatic heterocycles. The number of carbonyl (C=O) groups excluding carboxylic acids is 2. The normalized spacial score (nSPS) is 15.7. The molecule has 1 unspecified atom stereocenters. The molecule has 4 rings (SSSR count). The zero-order valence-electron chi connectivity index (χ0n) is 20.3. The second kappa shape index (κ2) is 11.4. The number of nitrogens with zero attached hydrogens (tertiary/aromatic N) is 1. The van der Waals surface area contributed by atoms with Crippen LogP contribution in [0.2, 0.25) is 0 Å². The van der Waals surface area contributed by atoms with Gasteiger partial charge in [0.1, 0.15) is 5.76 Å². The number of furan rings is 1. The number of rotatable bonds is 11. The lowest BCUT2D eigenvalue weighted by atomic mass is 9.95. The van der Waals surface area contributed by atoms with Crippen molar-refractivity contribution in [3.63, 3.8) is 0 Å². The van der Waals surface area contributed by atoms with Crippen LogP contribution < -0.4 is 9.47 Å². The average Bonchev–Trinajstić information content (AvgIpc) is 3.50. The molecule has 0 bridgehead atoms. The van der Waals surface area contributed by atoms with Crippen LogP contribution in [-0.2, 0) is 16.1 Å². The first kappa shape index (κ1) is 24.9. The topological polar surface area (TPSA) is 89.2 Å². The van der Waals surface area contributed by atoms with Gasteiger partial charge in [0, 0.05) is 0 Å². The highest BCUT2D eigenvalue weighted by Gasteiger charge is 2.43. The van der Waals surface area contributed by atoms with Gasteiger partial charge in [0.2, 0.25) is 0 Å². The van der Waals surface area contributed by atoms with Crippen LogP contribution in [0.5, 0.6) is 11.5 Å². The van der Waals surface area contributed by atoms with Crippen LogP contribution in [0.3, 0.4) is 0 Å². The number of hydrogen-bond donors (Lipinski definition) is 1. The molecule has 0 radical (unpaired) electrons. The third kappa shape index (κ3) is 5.35. The summed E-state index contributed by atoms with van der Waals surface area (Å²) in [6.07, 6.45) is 6.44. The van der Waals surface area contributed by atoms with Gasteiger partial charge in [-0.25, -0.2) is 0 Å². The van der Waals surface area contributed by atoms with Crippen LogP contribution in [0, 0.1) is 0 Å². The van der Waals surface area contributed by atoms with E-state index in [9.17, 15) is 14.7 Å². The molecule has 1 amide bonds. The largest absolute Gasteiger partial charge is 0.503 e. The summed E-state index contributed by atoms with van der Waals surface area (Å²) >= 11 is 0. The Labute approximate surface area is 210 Å². The predicted octanol–water partition coefficient (Wildman–Crippen LogP) is 5.65. The van der Waals surface area contributed by atoms with Crippen LogP contribution in [0.4, 0.5) is 0 Å². The van der Waals surface area contributed by atoms with Crippen molar-refractivity contribution >= 4 is 17.8 Å². The molecule has 7 heteroatoms. The highest BCUT2D eigenvalue weighted by molar-refractivity contribution is 6.14. The van der Waals surface area contributed by atoms with Gasteiger partial charge in [0.05, 0.1) is 38.1 Å². The van der Waals surface area contributed by atoms with E-state index in [1.54, 1.807) is 36.4 Å². The molecule has 0 fully saturated rings. The third-order valence-electron chi connectivity index (χ3n) is 5.96. The number of allylic oxidation sites excluding steroid dienone is 1. The molecule has 1 N–H and O–H groups in total. The highest BCUT2D eigenvalue weighted by Crippen LogP contribution is 2.41. The lowest BCUT2D eigenvalue weighted by Crippen LogP contribution is -2.30. The second-order valence-corrected chi connectivity index (χ2v) is 8.40. The maximum atomic E-state index is 13.3. The van der Waals surface area contributed by atoms with Gasteiger partial charge in [-0.3, -0.25) is 9.59 Å². The average molecular weight is 488 g/mol. The summed E-state index contributed by atoms with van der Waals surface area (Å²) in [5.74, 6) is -0.0969. The number of unbranched alkanes of at least 4 members (excludes halogenated alkanes) is 1. The molecule has 1 atom stereocenters. The number of amides is 1. The number of hydrogen-bond acceptors (Lipinski definition) is 6. The highest BCUT2D eigenvalue weighted by atomic mass is 16.5. The Kier molecular flexibility index (Phi) is 7.90. The molecule has 0 aliphatic carbocycles. The van der Waals surface area contributed by atoms with Gasteiger partial charge in [0.15, 0.2) is 23.0 Å². The lowest BCUT2D eigenvalue weighted by molar-refractivity contribution is -0.130. The van der Waals surface area contributed by atoms with E-state index in [-0.39, 0.29) is 12.1 Å². The summed E-state index contributed by atoms with van der Waals surface area (Å²) in [5, 5.41) is 10.8. The zero-order chi connectivity index (χ0) is 25.5. The van der Waals surface area contributed by atoms with Crippen LogP contribution in [0.25, 0.3) is 6.08 Å². The molecule has 0 saturated carbocycles. The molecule has 0 saturated heterocycles. The Morgan fingerprint density at radius 1 is 1.11 bits per heavy atom.